The van der Waals surface area contributed by atoms with Crippen molar-refractivity contribution in [1.29, 1.82) is 0 Å². The van der Waals surface area contributed by atoms with Crippen LogP contribution in [0.1, 0.15) is 6.42 Å². The Hall–Kier alpha value is -0.610. The lowest BCUT2D eigenvalue weighted by Crippen LogP contribution is -2.43. The Morgan fingerprint density at radius 3 is 3.08 bits per heavy atom. The molecule has 1 amide bonds. The topological polar surface area (TPSA) is 38.8 Å². The number of carbonyl (C=O) groups is 1. The van der Waals surface area contributed by atoms with Crippen molar-refractivity contribution in [3.05, 3.63) is 0 Å². The molecule has 2 heterocycles. The monoisotopic (exact) mass is 171 g/mol. The Morgan fingerprint density at radius 1 is 1.75 bits per heavy atom. The van der Waals surface area contributed by atoms with Gasteiger partial charge in [0, 0.05) is 13.7 Å². The maximum Gasteiger partial charge on any atom is 0.248 e. The smallest absolute Gasteiger partial charge is 0.248 e. The molecule has 2 atom stereocenters. The van der Waals surface area contributed by atoms with Gasteiger partial charge in [-0.2, -0.15) is 0 Å². The van der Waals surface area contributed by atoms with E-state index in [1.165, 1.54) is 0 Å². The maximum atomic E-state index is 11.4. The normalized spacial score (nSPS) is 32.9. The van der Waals surface area contributed by atoms with Gasteiger partial charge in [-0.05, 0) is 6.42 Å². The number of morpholine rings is 1. The van der Waals surface area contributed by atoms with E-state index < -0.39 is 0 Å². The van der Waals surface area contributed by atoms with Gasteiger partial charge in [-0.3, -0.25) is 4.79 Å². The zero-order valence-electron chi connectivity index (χ0n) is 7.16. The number of nitrogens with zero attached hydrogens (tertiary/aromatic N) is 1. The summed E-state index contributed by atoms with van der Waals surface area (Å²) in [6.07, 6.45) is 1.30. The molecule has 2 rings (SSSR count). The fourth-order valence-electron chi connectivity index (χ4n) is 1.91. The van der Waals surface area contributed by atoms with Crippen LogP contribution in [0.25, 0.3) is 0 Å². The average molecular weight is 171 g/mol. The number of amides is 1. The summed E-state index contributed by atoms with van der Waals surface area (Å²) in [5.41, 5.74) is 0. The summed E-state index contributed by atoms with van der Waals surface area (Å²) in [6, 6.07) is 0.317. The largest absolute Gasteiger partial charge is 0.375 e. The van der Waals surface area contributed by atoms with Gasteiger partial charge < -0.3 is 14.4 Å². The van der Waals surface area contributed by atoms with Gasteiger partial charge in [-0.15, -0.1) is 0 Å². The molecule has 4 nitrogen and oxygen atoms in total. The molecule has 0 aromatic rings. The first-order chi connectivity index (χ1) is 5.81. The summed E-state index contributed by atoms with van der Waals surface area (Å²) in [5, 5.41) is 0. The zero-order valence-corrected chi connectivity index (χ0v) is 7.16. The van der Waals surface area contributed by atoms with E-state index in [9.17, 15) is 4.79 Å². The first kappa shape index (κ1) is 8.01. The highest BCUT2D eigenvalue weighted by molar-refractivity contribution is 5.78. The number of rotatable bonds is 2. The second-order valence-electron chi connectivity index (χ2n) is 3.32. The molecular weight excluding hydrogens is 158 g/mol. The van der Waals surface area contributed by atoms with Crippen LogP contribution in [0.15, 0.2) is 0 Å². The number of ether oxygens (including phenoxy) is 2. The zero-order chi connectivity index (χ0) is 8.55. The van der Waals surface area contributed by atoms with Gasteiger partial charge in [-0.1, -0.05) is 0 Å². The van der Waals surface area contributed by atoms with Crippen molar-refractivity contribution < 1.29 is 14.3 Å². The number of hydrogen-bond donors (Lipinski definition) is 0. The Balaban J connectivity index is 1.93. The highest BCUT2D eigenvalue weighted by atomic mass is 16.5. The van der Waals surface area contributed by atoms with Crippen LogP contribution in [0.5, 0.6) is 0 Å². The predicted molar refractivity (Wildman–Crippen MR) is 41.7 cm³/mol. The van der Waals surface area contributed by atoms with Gasteiger partial charge in [0.05, 0.1) is 18.8 Å². The number of hydrogen-bond acceptors (Lipinski definition) is 3. The summed E-state index contributed by atoms with van der Waals surface area (Å²) in [6.45, 7) is 1.66. The molecule has 0 aromatic carbocycles. The molecule has 2 bridgehead atoms. The van der Waals surface area contributed by atoms with Crippen molar-refractivity contribution in [3.63, 3.8) is 0 Å². The number of carbonyl (C=O) groups excluding carboxylic acids is 1. The molecule has 0 aromatic heterocycles. The minimum Gasteiger partial charge on any atom is -0.375 e. The Morgan fingerprint density at radius 2 is 2.58 bits per heavy atom. The van der Waals surface area contributed by atoms with Crippen LogP contribution >= 0.6 is 0 Å². The predicted octanol–water partition coefficient (Wildman–Crippen LogP) is -0.368. The standard InChI is InChI=1S/C8H13NO3/c1-11-5-8(10)9-3-7-2-6(9)4-12-7/h6-7H,2-5H2,1H3. The van der Waals surface area contributed by atoms with Crippen molar-refractivity contribution in [1.82, 2.24) is 4.90 Å². The first-order valence-electron chi connectivity index (χ1n) is 4.21. The summed E-state index contributed by atoms with van der Waals surface area (Å²) >= 11 is 0. The lowest BCUT2D eigenvalue weighted by Gasteiger charge is -2.26. The van der Waals surface area contributed by atoms with Crippen LogP contribution in [-0.4, -0.2) is 49.8 Å². The summed E-state index contributed by atoms with van der Waals surface area (Å²) in [7, 11) is 1.54. The van der Waals surface area contributed by atoms with Gasteiger partial charge >= 0.3 is 0 Å². The molecule has 68 valence electrons. The van der Waals surface area contributed by atoms with Crippen LogP contribution in [0.4, 0.5) is 0 Å². The second kappa shape index (κ2) is 3.03. The molecule has 0 spiro atoms. The SMILES string of the molecule is COCC(=O)N1CC2CC1CO2. The molecule has 2 unspecified atom stereocenters. The lowest BCUT2D eigenvalue weighted by atomic mass is 10.2. The molecular formula is C8H13NO3. The molecule has 2 saturated heterocycles. The average Bonchev–Trinajstić information content (AvgIpc) is 2.64. The summed E-state index contributed by atoms with van der Waals surface area (Å²) < 4.78 is 10.2. The van der Waals surface area contributed by atoms with Crippen LogP contribution in [0, 0.1) is 0 Å². The van der Waals surface area contributed by atoms with Crippen molar-refractivity contribution in [3.8, 4) is 0 Å². The molecule has 0 N–H and O–H groups in total. The highest BCUT2D eigenvalue weighted by Gasteiger charge is 2.41. The van der Waals surface area contributed by atoms with E-state index in [1.54, 1.807) is 7.11 Å². The molecule has 2 aliphatic rings. The van der Waals surface area contributed by atoms with E-state index in [2.05, 4.69) is 0 Å². The van der Waals surface area contributed by atoms with Gasteiger partial charge in [-0.25, -0.2) is 0 Å². The summed E-state index contributed by atoms with van der Waals surface area (Å²) in [5.74, 6) is 0.0910. The minimum absolute atomic E-state index is 0.0910. The molecule has 0 saturated carbocycles. The van der Waals surface area contributed by atoms with E-state index in [0.29, 0.717) is 12.6 Å². The van der Waals surface area contributed by atoms with Crippen LogP contribution < -0.4 is 0 Å². The van der Waals surface area contributed by atoms with E-state index in [4.69, 9.17) is 9.47 Å². The lowest BCUT2D eigenvalue weighted by molar-refractivity contribution is -0.139. The molecule has 0 radical (unpaired) electrons. The highest BCUT2D eigenvalue weighted by Crippen LogP contribution is 2.27. The van der Waals surface area contributed by atoms with Crippen LogP contribution in [-0.2, 0) is 14.3 Å². The van der Waals surface area contributed by atoms with Crippen molar-refractivity contribution in [2.45, 2.75) is 18.6 Å². The van der Waals surface area contributed by atoms with E-state index in [0.717, 1.165) is 13.0 Å². The molecule has 2 fully saturated rings. The minimum atomic E-state index is 0.0910. The number of methoxy groups -OCH3 is 1. The van der Waals surface area contributed by atoms with Crippen LogP contribution in [0.2, 0.25) is 0 Å². The maximum absolute atomic E-state index is 11.4. The number of fused-ring (bicyclic) bond motifs is 2. The van der Waals surface area contributed by atoms with E-state index in [1.807, 2.05) is 4.90 Å². The molecule has 2 aliphatic heterocycles. The van der Waals surface area contributed by atoms with Crippen LogP contribution in [0.3, 0.4) is 0 Å². The fourth-order valence-corrected chi connectivity index (χ4v) is 1.91. The third-order valence-electron chi connectivity index (χ3n) is 2.49. The van der Waals surface area contributed by atoms with Gasteiger partial charge in [0.25, 0.3) is 0 Å². The van der Waals surface area contributed by atoms with Gasteiger partial charge in [0.15, 0.2) is 0 Å². The van der Waals surface area contributed by atoms with Gasteiger partial charge in [0.2, 0.25) is 5.91 Å². The summed E-state index contributed by atoms with van der Waals surface area (Å²) in [4.78, 5) is 13.3. The van der Waals surface area contributed by atoms with E-state index >= 15 is 0 Å². The van der Waals surface area contributed by atoms with E-state index in [-0.39, 0.29) is 18.6 Å². The van der Waals surface area contributed by atoms with Crippen molar-refractivity contribution in [2.75, 3.05) is 26.9 Å². The first-order valence-corrected chi connectivity index (χ1v) is 4.21. The molecule has 0 aliphatic carbocycles. The van der Waals surface area contributed by atoms with Gasteiger partial charge in [0.1, 0.15) is 6.61 Å². The number of likely N-dealkylation sites (tertiary alicyclic amines) is 1. The Kier molecular flexibility index (Phi) is 2.02. The molecule has 4 heteroatoms. The Labute approximate surface area is 71.4 Å². The molecule has 12 heavy (non-hydrogen) atoms. The second-order valence-corrected chi connectivity index (χ2v) is 3.32. The quantitative estimate of drug-likeness (QED) is 0.569. The fraction of sp³-hybridized carbons (Fsp3) is 0.875. The van der Waals surface area contributed by atoms with Crippen molar-refractivity contribution in [2.24, 2.45) is 0 Å². The Bertz CT molecular complexity index is 195. The third kappa shape index (κ3) is 1.21. The van der Waals surface area contributed by atoms with Crippen molar-refractivity contribution >= 4 is 5.91 Å². The third-order valence-corrected chi connectivity index (χ3v) is 2.49.